The second-order valence-corrected chi connectivity index (χ2v) is 9.41. The highest BCUT2D eigenvalue weighted by Crippen LogP contribution is 2.22. The fraction of sp³-hybridized carbons (Fsp3) is 0.174. The maximum atomic E-state index is 13.2. The largest absolute Gasteiger partial charge is 0.396 e. The van der Waals surface area contributed by atoms with Crippen molar-refractivity contribution in [2.24, 2.45) is 0 Å². The average molecular weight is 469 g/mol. The topological polar surface area (TPSA) is 114 Å². The fourth-order valence-electron chi connectivity index (χ4n) is 3.37. The molecular formula is C23H21FN4O4S. The lowest BCUT2D eigenvalue weighted by Crippen LogP contribution is -2.23. The number of halogens is 1. The number of pyridine rings is 1. The van der Waals surface area contributed by atoms with Gasteiger partial charge in [-0.05, 0) is 54.4 Å². The Hall–Kier alpha value is -3.63. The third kappa shape index (κ3) is 4.91. The molecule has 2 N–H and O–H groups in total. The number of carbonyl (C=O) groups excluding carboxylic acids is 1. The first-order chi connectivity index (χ1) is 15.9. The summed E-state index contributed by atoms with van der Waals surface area (Å²) in [6.45, 7) is -0.0514. The molecular weight excluding hydrogens is 447 g/mol. The maximum Gasteiger partial charge on any atom is 0.252 e. The van der Waals surface area contributed by atoms with Gasteiger partial charge in [0.05, 0.1) is 28.7 Å². The van der Waals surface area contributed by atoms with E-state index in [2.05, 4.69) is 15.4 Å². The van der Waals surface area contributed by atoms with Crippen LogP contribution in [0, 0.1) is 5.82 Å². The predicted octanol–water partition coefficient (Wildman–Crippen LogP) is 2.65. The van der Waals surface area contributed by atoms with Crippen LogP contribution in [0.4, 0.5) is 4.39 Å². The SMILES string of the molecule is O=C(NCc1ccc(S(=O)(=O)CCCO)nc1)c1cccc2c1cnn2-c1ccc(F)cc1. The first-order valence-electron chi connectivity index (χ1n) is 10.2. The van der Waals surface area contributed by atoms with E-state index in [9.17, 15) is 17.6 Å². The van der Waals surface area contributed by atoms with Crippen molar-refractivity contribution in [2.75, 3.05) is 12.4 Å². The van der Waals surface area contributed by atoms with Gasteiger partial charge in [-0.3, -0.25) is 4.79 Å². The molecule has 0 fully saturated rings. The molecule has 170 valence electrons. The van der Waals surface area contributed by atoms with E-state index in [0.717, 1.165) is 0 Å². The van der Waals surface area contributed by atoms with Crippen LogP contribution in [0.2, 0.25) is 0 Å². The molecule has 4 aromatic rings. The van der Waals surface area contributed by atoms with Gasteiger partial charge in [0.25, 0.3) is 5.91 Å². The number of amides is 1. The number of sulfone groups is 1. The predicted molar refractivity (Wildman–Crippen MR) is 120 cm³/mol. The van der Waals surface area contributed by atoms with Crippen LogP contribution in [0.25, 0.3) is 16.6 Å². The second-order valence-electron chi connectivity index (χ2n) is 7.35. The molecule has 0 bridgehead atoms. The van der Waals surface area contributed by atoms with Gasteiger partial charge in [0, 0.05) is 24.7 Å². The molecule has 0 radical (unpaired) electrons. The number of fused-ring (bicyclic) bond motifs is 1. The van der Waals surface area contributed by atoms with Gasteiger partial charge in [0.15, 0.2) is 14.9 Å². The summed E-state index contributed by atoms with van der Waals surface area (Å²) in [5.74, 6) is -0.846. The summed E-state index contributed by atoms with van der Waals surface area (Å²) in [5.41, 5.74) is 2.44. The number of aliphatic hydroxyl groups excluding tert-OH is 1. The van der Waals surface area contributed by atoms with Gasteiger partial charge in [0.2, 0.25) is 0 Å². The monoisotopic (exact) mass is 468 g/mol. The zero-order valence-electron chi connectivity index (χ0n) is 17.5. The third-order valence-electron chi connectivity index (χ3n) is 5.07. The van der Waals surface area contributed by atoms with E-state index in [1.165, 1.54) is 24.4 Å². The first kappa shape index (κ1) is 22.6. The molecule has 0 unspecified atom stereocenters. The summed E-state index contributed by atoms with van der Waals surface area (Å²) in [5, 5.41) is 16.6. The number of carbonyl (C=O) groups is 1. The van der Waals surface area contributed by atoms with Crippen LogP contribution in [-0.2, 0) is 16.4 Å². The van der Waals surface area contributed by atoms with Gasteiger partial charge < -0.3 is 10.4 Å². The number of aromatic nitrogens is 3. The Morgan fingerprint density at radius 2 is 1.85 bits per heavy atom. The summed E-state index contributed by atoms with van der Waals surface area (Å²) in [6, 6.07) is 14.1. The summed E-state index contributed by atoms with van der Waals surface area (Å²) < 4.78 is 39.1. The Balaban J connectivity index is 1.49. The van der Waals surface area contributed by atoms with Crippen molar-refractivity contribution in [1.29, 1.82) is 0 Å². The fourth-order valence-corrected chi connectivity index (χ4v) is 4.58. The number of nitrogens with one attached hydrogen (secondary N) is 1. The number of hydrogen-bond donors (Lipinski definition) is 2. The quantitative estimate of drug-likeness (QED) is 0.411. The molecule has 10 heteroatoms. The standard InChI is InChI=1S/C23H21FN4O4S/c24-17-6-8-18(9-7-17)28-21-4-1-3-19(20(21)15-27-28)23(30)26-14-16-5-10-22(25-13-16)33(31,32)12-2-11-29/h1,3-10,13,15,29H,2,11-12,14H2,(H,26,30). The van der Waals surface area contributed by atoms with E-state index in [1.807, 2.05) is 6.07 Å². The van der Waals surface area contributed by atoms with E-state index in [1.54, 1.807) is 41.2 Å². The van der Waals surface area contributed by atoms with Crippen molar-refractivity contribution in [2.45, 2.75) is 18.0 Å². The number of nitrogens with zero attached hydrogens (tertiary/aromatic N) is 3. The summed E-state index contributed by atoms with van der Waals surface area (Å²) in [4.78, 5) is 16.8. The van der Waals surface area contributed by atoms with E-state index in [0.29, 0.717) is 27.7 Å². The number of aliphatic hydroxyl groups is 1. The highest BCUT2D eigenvalue weighted by atomic mass is 32.2. The Morgan fingerprint density at radius 3 is 2.55 bits per heavy atom. The molecule has 2 aromatic heterocycles. The lowest BCUT2D eigenvalue weighted by atomic mass is 10.1. The van der Waals surface area contributed by atoms with Crippen molar-refractivity contribution in [1.82, 2.24) is 20.1 Å². The van der Waals surface area contributed by atoms with Gasteiger partial charge in [-0.2, -0.15) is 5.10 Å². The van der Waals surface area contributed by atoms with Crippen LogP contribution in [0.1, 0.15) is 22.3 Å². The minimum absolute atomic E-state index is 0.0657. The molecule has 0 saturated heterocycles. The lowest BCUT2D eigenvalue weighted by Gasteiger charge is -2.08. The summed E-state index contributed by atoms with van der Waals surface area (Å²) in [6.07, 6.45) is 3.13. The smallest absolute Gasteiger partial charge is 0.252 e. The van der Waals surface area contributed by atoms with Crippen LogP contribution in [0.5, 0.6) is 0 Å². The van der Waals surface area contributed by atoms with E-state index < -0.39 is 9.84 Å². The van der Waals surface area contributed by atoms with E-state index in [4.69, 9.17) is 5.11 Å². The maximum absolute atomic E-state index is 13.2. The Bertz CT molecular complexity index is 1380. The molecule has 4 rings (SSSR count). The van der Waals surface area contributed by atoms with E-state index >= 15 is 0 Å². The number of hydrogen-bond acceptors (Lipinski definition) is 6. The van der Waals surface area contributed by atoms with Gasteiger partial charge in [-0.25, -0.2) is 22.5 Å². The molecule has 8 nitrogen and oxygen atoms in total. The van der Waals surface area contributed by atoms with Crippen LogP contribution in [0.15, 0.2) is 72.0 Å². The molecule has 2 heterocycles. The molecule has 33 heavy (non-hydrogen) atoms. The van der Waals surface area contributed by atoms with E-state index in [-0.39, 0.29) is 42.1 Å². The van der Waals surface area contributed by atoms with Crippen molar-refractivity contribution in [3.05, 3.63) is 83.9 Å². The minimum atomic E-state index is -3.55. The van der Waals surface area contributed by atoms with Crippen LogP contribution < -0.4 is 5.32 Å². The second kappa shape index (κ2) is 9.47. The molecule has 0 aliphatic carbocycles. The molecule has 2 aromatic carbocycles. The first-order valence-corrected chi connectivity index (χ1v) is 11.8. The molecule has 1 amide bonds. The van der Waals surface area contributed by atoms with Gasteiger partial charge in [-0.15, -0.1) is 0 Å². The van der Waals surface area contributed by atoms with Crippen molar-refractivity contribution >= 4 is 26.6 Å². The number of rotatable bonds is 8. The zero-order valence-corrected chi connectivity index (χ0v) is 18.3. The summed E-state index contributed by atoms with van der Waals surface area (Å²) in [7, 11) is -3.55. The van der Waals surface area contributed by atoms with Crippen molar-refractivity contribution in [3.63, 3.8) is 0 Å². The number of benzene rings is 2. The molecule has 0 atom stereocenters. The zero-order chi connectivity index (χ0) is 23.4. The molecule has 0 aliphatic heterocycles. The molecule has 0 saturated carbocycles. The normalized spacial score (nSPS) is 11.6. The van der Waals surface area contributed by atoms with Crippen molar-refractivity contribution in [3.8, 4) is 5.69 Å². The molecule has 0 aliphatic rings. The third-order valence-corrected chi connectivity index (χ3v) is 6.77. The minimum Gasteiger partial charge on any atom is -0.396 e. The summed E-state index contributed by atoms with van der Waals surface area (Å²) >= 11 is 0. The van der Waals surface area contributed by atoms with Crippen LogP contribution in [0.3, 0.4) is 0 Å². The van der Waals surface area contributed by atoms with Crippen LogP contribution in [-0.4, -0.2) is 46.6 Å². The highest BCUT2D eigenvalue weighted by molar-refractivity contribution is 7.91. The van der Waals surface area contributed by atoms with Crippen molar-refractivity contribution < 1.29 is 22.7 Å². The Labute approximate surface area is 189 Å². The van der Waals surface area contributed by atoms with Gasteiger partial charge in [-0.1, -0.05) is 12.1 Å². The van der Waals surface area contributed by atoms with Crippen LogP contribution >= 0.6 is 0 Å². The molecule has 0 spiro atoms. The van der Waals surface area contributed by atoms with Gasteiger partial charge in [0.1, 0.15) is 5.82 Å². The lowest BCUT2D eigenvalue weighted by molar-refractivity contribution is 0.0952. The Kier molecular flexibility index (Phi) is 6.47. The van der Waals surface area contributed by atoms with Gasteiger partial charge >= 0.3 is 0 Å². The Morgan fingerprint density at radius 1 is 1.06 bits per heavy atom. The average Bonchev–Trinajstić information content (AvgIpc) is 3.26. The highest BCUT2D eigenvalue weighted by Gasteiger charge is 2.16.